The highest BCUT2D eigenvalue weighted by molar-refractivity contribution is 6.59. The number of hydrogen-bond donors (Lipinski definition) is 2. The number of benzene rings is 1. The summed E-state index contributed by atoms with van der Waals surface area (Å²) in [6, 6.07) is 5.08. The molecule has 0 unspecified atom stereocenters. The number of carbonyl (C=O) groups excluding carboxylic acids is 1. The molecule has 1 rings (SSSR count). The topological polar surface area (TPSA) is 76.0 Å². The Kier molecular flexibility index (Phi) is 6.98. The van der Waals surface area contributed by atoms with Crippen LogP contribution in [-0.4, -0.2) is 36.3 Å². The molecule has 0 fully saturated rings. The number of carbonyl (C=O) groups is 1. The molecule has 0 aliphatic heterocycles. The molecule has 114 valence electrons. The quantitative estimate of drug-likeness (QED) is 0.421. The molecule has 0 amide bonds. The van der Waals surface area contributed by atoms with Crippen molar-refractivity contribution in [3.05, 3.63) is 35.9 Å². The molecule has 5 nitrogen and oxygen atoms in total. The van der Waals surface area contributed by atoms with Crippen molar-refractivity contribution >= 4 is 18.6 Å². The highest BCUT2D eigenvalue weighted by Crippen LogP contribution is 2.13. The average molecular weight is 292 g/mol. The summed E-state index contributed by atoms with van der Waals surface area (Å²) in [5.74, 6) is 0.124. The van der Waals surface area contributed by atoms with Crippen molar-refractivity contribution in [3.63, 3.8) is 0 Å². The van der Waals surface area contributed by atoms with Gasteiger partial charge in [0.15, 0.2) is 0 Å². The molecular formula is C15H21BO5. The summed E-state index contributed by atoms with van der Waals surface area (Å²) in [7, 11) is -1.63. The van der Waals surface area contributed by atoms with Crippen molar-refractivity contribution in [1.82, 2.24) is 0 Å². The Balaban J connectivity index is 2.77. The summed E-state index contributed by atoms with van der Waals surface area (Å²) in [6.45, 7) is 7.97. The molecular weight excluding hydrogens is 271 g/mol. The van der Waals surface area contributed by atoms with E-state index in [0.29, 0.717) is 25.4 Å². The van der Waals surface area contributed by atoms with Crippen LogP contribution < -0.4 is 10.2 Å². The van der Waals surface area contributed by atoms with E-state index in [-0.39, 0.29) is 17.9 Å². The van der Waals surface area contributed by atoms with Gasteiger partial charge in [-0.25, -0.2) is 0 Å². The third-order valence-electron chi connectivity index (χ3n) is 2.75. The number of esters is 1. The molecule has 21 heavy (non-hydrogen) atoms. The van der Waals surface area contributed by atoms with Crippen LogP contribution in [0.1, 0.15) is 25.8 Å². The van der Waals surface area contributed by atoms with Crippen molar-refractivity contribution in [2.45, 2.75) is 26.7 Å². The standard InChI is InChI=1S/C15H21BO5/c1-4-20-15(17)8-6-12-5-7-14(21-10-11(2)3)13(9-12)16(18)19/h5,7,9,18-19H,2,4,6,8,10H2,1,3H3. The van der Waals surface area contributed by atoms with Crippen LogP contribution in [-0.2, 0) is 16.0 Å². The Morgan fingerprint density at radius 3 is 2.67 bits per heavy atom. The highest BCUT2D eigenvalue weighted by Gasteiger charge is 2.18. The largest absolute Gasteiger partial charge is 0.492 e. The van der Waals surface area contributed by atoms with E-state index >= 15 is 0 Å². The van der Waals surface area contributed by atoms with Gasteiger partial charge in [0.1, 0.15) is 12.4 Å². The molecule has 0 aliphatic carbocycles. The molecule has 6 heteroatoms. The maximum Gasteiger partial charge on any atom is 0.492 e. The lowest BCUT2D eigenvalue weighted by atomic mass is 9.78. The summed E-state index contributed by atoms with van der Waals surface area (Å²) >= 11 is 0. The fourth-order valence-electron chi connectivity index (χ4n) is 1.77. The SMILES string of the molecule is C=C(C)COc1ccc(CCC(=O)OCC)cc1B(O)O. The van der Waals surface area contributed by atoms with Gasteiger partial charge in [0, 0.05) is 11.9 Å². The van der Waals surface area contributed by atoms with Gasteiger partial charge < -0.3 is 19.5 Å². The third-order valence-corrected chi connectivity index (χ3v) is 2.75. The van der Waals surface area contributed by atoms with Crippen LogP contribution in [0.5, 0.6) is 5.75 Å². The van der Waals surface area contributed by atoms with Crippen molar-refractivity contribution < 1.29 is 24.3 Å². The molecule has 0 aromatic heterocycles. The maximum absolute atomic E-state index is 11.3. The van der Waals surface area contributed by atoms with Gasteiger partial charge in [-0.05, 0) is 37.5 Å². The van der Waals surface area contributed by atoms with Gasteiger partial charge in [-0.1, -0.05) is 18.7 Å². The van der Waals surface area contributed by atoms with Gasteiger partial charge in [-0.15, -0.1) is 0 Å². The predicted molar refractivity (Wildman–Crippen MR) is 81.5 cm³/mol. The maximum atomic E-state index is 11.3. The summed E-state index contributed by atoms with van der Waals surface area (Å²) in [4.78, 5) is 11.3. The number of hydrogen-bond acceptors (Lipinski definition) is 5. The van der Waals surface area contributed by atoms with Gasteiger partial charge in [-0.2, -0.15) is 0 Å². The zero-order chi connectivity index (χ0) is 15.8. The van der Waals surface area contributed by atoms with E-state index in [9.17, 15) is 14.8 Å². The van der Waals surface area contributed by atoms with Gasteiger partial charge in [0.25, 0.3) is 0 Å². The summed E-state index contributed by atoms with van der Waals surface area (Å²) < 4.78 is 10.3. The fourth-order valence-corrected chi connectivity index (χ4v) is 1.77. The minimum atomic E-state index is -1.63. The van der Waals surface area contributed by atoms with E-state index in [0.717, 1.165) is 11.1 Å². The van der Waals surface area contributed by atoms with E-state index in [2.05, 4.69) is 6.58 Å². The van der Waals surface area contributed by atoms with Gasteiger partial charge in [0.05, 0.1) is 6.61 Å². The van der Waals surface area contributed by atoms with Crippen LogP contribution in [0.25, 0.3) is 0 Å². The lowest BCUT2D eigenvalue weighted by Crippen LogP contribution is -2.32. The predicted octanol–water partition coefficient (Wildman–Crippen LogP) is 0.817. The van der Waals surface area contributed by atoms with Crippen molar-refractivity contribution in [3.8, 4) is 5.75 Å². The molecule has 0 spiro atoms. The minimum absolute atomic E-state index is 0.251. The molecule has 1 aromatic rings. The molecule has 0 saturated carbocycles. The van der Waals surface area contributed by atoms with Gasteiger partial charge in [0.2, 0.25) is 0 Å². The van der Waals surface area contributed by atoms with E-state index in [4.69, 9.17) is 9.47 Å². The normalized spacial score (nSPS) is 10.1. The molecule has 0 aliphatic rings. The Hall–Kier alpha value is -1.79. The third kappa shape index (κ3) is 6.02. The van der Waals surface area contributed by atoms with E-state index < -0.39 is 7.12 Å². The van der Waals surface area contributed by atoms with E-state index in [1.54, 1.807) is 25.1 Å². The molecule has 2 N–H and O–H groups in total. The van der Waals surface area contributed by atoms with Crippen LogP contribution in [0.15, 0.2) is 30.4 Å². The Labute approximate surface area is 125 Å². The number of aryl methyl sites for hydroxylation is 1. The Morgan fingerprint density at radius 2 is 2.10 bits per heavy atom. The smallest absolute Gasteiger partial charge is 0.490 e. The first-order valence-electron chi connectivity index (χ1n) is 6.85. The molecule has 1 aromatic carbocycles. The van der Waals surface area contributed by atoms with Crippen LogP contribution in [0.3, 0.4) is 0 Å². The molecule has 0 saturated heterocycles. The number of rotatable bonds is 8. The average Bonchev–Trinajstić information content (AvgIpc) is 2.43. The Morgan fingerprint density at radius 1 is 1.38 bits per heavy atom. The van der Waals surface area contributed by atoms with Gasteiger partial charge >= 0.3 is 13.1 Å². The fraction of sp³-hybridized carbons (Fsp3) is 0.400. The number of ether oxygens (including phenoxy) is 2. The first-order valence-corrected chi connectivity index (χ1v) is 6.85. The molecule has 0 radical (unpaired) electrons. The molecule has 0 bridgehead atoms. The van der Waals surface area contributed by atoms with Crippen molar-refractivity contribution in [2.24, 2.45) is 0 Å². The van der Waals surface area contributed by atoms with E-state index in [1.807, 2.05) is 6.92 Å². The highest BCUT2D eigenvalue weighted by atomic mass is 16.5. The lowest BCUT2D eigenvalue weighted by molar-refractivity contribution is -0.143. The second kappa shape index (κ2) is 8.49. The monoisotopic (exact) mass is 292 g/mol. The summed E-state index contributed by atoms with van der Waals surface area (Å²) in [5.41, 5.74) is 1.92. The first-order chi connectivity index (χ1) is 9.93. The van der Waals surface area contributed by atoms with Crippen LogP contribution >= 0.6 is 0 Å². The van der Waals surface area contributed by atoms with Crippen molar-refractivity contribution in [2.75, 3.05) is 13.2 Å². The van der Waals surface area contributed by atoms with Gasteiger partial charge in [-0.3, -0.25) is 4.79 Å². The van der Waals surface area contributed by atoms with Crippen LogP contribution in [0.2, 0.25) is 0 Å². The second-order valence-electron chi connectivity index (χ2n) is 4.80. The zero-order valence-corrected chi connectivity index (χ0v) is 12.5. The first kappa shape index (κ1) is 17.3. The zero-order valence-electron chi connectivity index (χ0n) is 12.5. The minimum Gasteiger partial charge on any atom is -0.490 e. The second-order valence-corrected chi connectivity index (χ2v) is 4.80. The summed E-state index contributed by atoms with van der Waals surface area (Å²) in [5, 5.41) is 18.8. The van der Waals surface area contributed by atoms with E-state index in [1.165, 1.54) is 0 Å². The van der Waals surface area contributed by atoms with Crippen molar-refractivity contribution in [1.29, 1.82) is 0 Å². The van der Waals surface area contributed by atoms with Crippen LogP contribution in [0.4, 0.5) is 0 Å². The molecule has 0 atom stereocenters. The molecule has 0 heterocycles. The lowest BCUT2D eigenvalue weighted by Gasteiger charge is -2.13. The summed E-state index contributed by atoms with van der Waals surface area (Å²) in [6.07, 6.45) is 0.722. The van der Waals surface area contributed by atoms with Crippen LogP contribution in [0, 0.1) is 0 Å². The Bertz CT molecular complexity index is 499.